The van der Waals surface area contributed by atoms with Gasteiger partial charge in [0, 0.05) is 6.07 Å². The fourth-order valence-electron chi connectivity index (χ4n) is 4.01. The summed E-state index contributed by atoms with van der Waals surface area (Å²) in [5.74, 6) is -3.52. The van der Waals surface area contributed by atoms with E-state index in [0.29, 0.717) is 0 Å². The van der Waals surface area contributed by atoms with E-state index in [2.05, 4.69) is 10.1 Å². The molecular weight excluding hydrogens is 444 g/mol. The topological polar surface area (TPSA) is 158 Å². The number of nitrogens with zero attached hydrogens (tertiary/aromatic N) is 2. The van der Waals surface area contributed by atoms with E-state index in [4.69, 9.17) is 5.73 Å². The predicted molar refractivity (Wildman–Crippen MR) is 117 cm³/mol. The quantitative estimate of drug-likeness (QED) is 0.433. The van der Waals surface area contributed by atoms with Crippen molar-refractivity contribution < 1.29 is 28.7 Å². The van der Waals surface area contributed by atoms with Crippen molar-refractivity contribution in [1.29, 1.82) is 0 Å². The van der Waals surface area contributed by atoms with Crippen LogP contribution in [-0.2, 0) is 4.74 Å². The zero-order chi connectivity index (χ0) is 24.3. The fourth-order valence-corrected chi connectivity index (χ4v) is 4.01. The maximum Gasteiger partial charge on any atom is 0.337 e. The number of benzene rings is 2. The third-order valence-corrected chi connectivity index (χ3v) is 5.63. The van der Waals surface area contributed by atoms with E-state index in [0.717, 1.165) is 15.5 Å². The molecule has 0 spiro atoms. The summed E-state index contributed by atoms with van der Waals surface area (Å²) < 4.78 is 5.63. The Balaban J connectivity index is 1.57. The first-order valence-electron chi connectivity index (χ1n) is 9.85. The minimum Gasteiger partial charge on any atom is -0.465 e. The van der Waals surface area contributed by atoms with Crippen LogP contribution in [0.5, 0.6) is 0 Å². The normalized spacial score (nSPS) is 14.2. The number of fused-ring (bicyclic) bond motifs is 2. The number of carbonyl (C=O) groups excluding carboxylic acids is 5. The Morgan fingerprint density at radius 2 is 1.47 bits per heavy atom. The van der Waals surface area contributed by atoms with Crippen LogP contribution in [0.25, 0.3) is 5.69 Å². The Kier molecular flexibility index (Phi) is 4.43. The van der Waals surface area contributed by atoms with Crippen LogP contribution >= 0.6 is 0 Å². The second-order valence-corrected chi connectivity index (χ2v) is 7.49. The highest BCUT2D eigenvalue weighted by Gasteiger charge is 2.38. The number of nitrogens with one attached hydrogen (secondary N) is 1. The SMILES string of the molecule is COC(=O)c1ccc(N2C(=O)c3ccc(-n4c(N)c5c(cc4=O)C(=O)NC5=O)cc3C2=O)cc1. The maximum absolute atomic E-state index is 13.1. The molecule has 0 atom stereocenters. The second-order valence-electron chi connectivity index (χ2n) is 7.49. The number of nitrogen functional groups attached to an aromatic ring is 1. The number of hydrogen-bond donors (Lipinski definition) is 2. The highest BCUT2D eigenvalue weighted by Crippen LogP contribution is 2.31. The third-order valence-electron chi connectivity index (χ3n) is 5.63. The molecule has 2 aliphatic heterocycles. The number of methoxy groups -OCH3 is 1. The van der Waals surface area contributed by atoms with E-state index in [1.54, 1.807) is 0 Å². The van der Waals surface area contributed by atoms with E-state index in [1.165, 1.54) is 49.6 Å². The molecular formula is C23H14N4O7. The van der Waals surface area contributed by atoms with Gasteiger partial charge in [-0.25, -0.2) is 9.69 Å². The molecule has 2 aliphatic rings. The van der Waals surface area contributed by atoms with Gasteiger partial charge in [-0.05, 0) is 42.5 Å². The number of hydrogen-bond acceptors (Lipinski definition) is 8. The van der Waals surface area contributed by atoms with Crippen LogP contribution in [0, 0.1) is 0 Å². The van der Waals surface area contributed by atoms with Crippen LogP contribution in [0.2, 0.25) is 0 Å². The second kappa shape index (κ2) is 7.24. The number of amides is 4. The Hall–Kier alpha value is -5.06. The molecule has 0 unspecified atom stereocenters. The molecule has 3 aromatic rings. The van der Waals surface area contributed by atoms with Crippen molar-refractivity contribution >= 4 is 41.1 Å². The van der Waals surface area contributed by atoms with Crippen LogP contribution in [0.3, 0.4) is 0 Å². The van der Waals surface area contributed by atoms with Crippen molar-refractivity contribution in [2.75, 3.05) is 17.7 Å². The molecule has 0 saturated heterocycles. The summed E-state index contributed by atoms with van der Waals surface area (Å²) in [6.07, 6.45) is 0. The summed E-state index contributed by atoms with van der Waals surface area (Å²) in [6, 6.07) is 10.8. The van der Waals surface area contributed by atoms with Gasteiger partial charge < -0.3 is 10.5 Å². The van der Waals surface area contributed by atoms with Crippen LogP contribution in [0.15, 0.2) is 53.3 Å². The lowest BCUT2D eigenvalue weighted by molar-refractivity contribution is 0.0600. The fraction of sp³-hybridized carbons (Fsp3) is 0.0435. The minimum atomic E-state index is -0.736. The van der Waals surface area contributed by atoms with E-state index < -0.39 is 35.2 Å². The highest BCUT2D eigenvalue weighted by molar-refractivity contribution is 6.34. The number of esters is 1. The summed E-state index contributed by atoms with van der Waals surface area (Å²) in [5, 5.41) is 2.08. The molecule has 2 aromatic carbocycles. The average Bonchev–Trinajstić information content (AvgIpc) is 3.25. The zero-order valence-electron chi connectivity index (χ0n) is 17.4. The monoisotopic (exact) mass is 458 g/mol. The molecule has 0 saturated carbocycles. The van der Waals surface area contributed by atoms with Crippen molar-refractivity contribution in [2.24, 2.45) is 0 Å². The summed E-state index contributed by atoms with van der Waals surface area (Å²) in [4.78, 5) is 75.3. The van der Waals surface area contributed by atoms with E-state index in [9.17, 15) is 28.8 Å². The summed E-state index contributed by atoms with van der Waals surface area (Å²) in [6.45, 7) is 0. The number of carbonyl (C=O) groups is 5. The molecule has 3 N–H and O–H groups in total. The molecule has 11 heteroatoms. The largest absolute Gasteiger partial charge is 0.465 e. The van der Waals surface area contributed by atoms with Gasteiger partial charge in [0.05, 0.1) is 46.3 Å². The number of rotatable bonds is 3. The first-order valence-corrected chi connectivity index (χ1v) is 9.85. The van der Waals surface area contributed by atoms with Crippen molar-refractivity contribution in [3.8, 4) is 5.69 Å². The van der Waals surface area contributed by atoms with Gasteiger partial charge >= 0.3 is 5.97 Å². The highest BCUT2D eigenvalue weighted by atomic mass is 16.5. The van der Waals surface area contributed by atoms with Gasteiger partial charge in [0.25, 0.3) is 29.2 Å². The lowest BCUT2D eigenvalue weighted by Gasteiger charge is -2.14. The predicted octanol–water partition coefficient (Wildman–Crippen LogP) is 0.890. The standard InChI is InChI=1S/C23H14N4O7/c1-34-23(33)10-2-4-11(5-3-10)27-21(31)13-7-6-12(8-14(13)22(27)32)26-16(28)9-15-17(18(26)24)20(30)25-19(15)29/h2-9H,24H2,1H3,(H,25,29,30). The van der Waals surface area contributed by atoms with Gasteiger partial charge in [0.1, 0.15) is 5.82 Å². The van der Waals surface area contributed by atoms with Crippen molar-refractivity contribution in [2.45, 2.75) is 0 Å². The molecule has 0 aliphatic carbocycles. The molecule has 0 bridgehead atoms. The average molecular weight is 458 g/mol. The minimum absolute atomic E-state index is 0.0203. The molecule has 5 rings (SSSR count). The van der Waals surface area contributed by atoms with Crippen LogP contribution in [-0.4, -0.2) is 41.3 Å². The molecule has 0 radical (unpaired) electrons. The molecule has 34 heavy (non-hydrogen) atoms. The van der Waals surface area contributed by atoms with Gasteiger partial charge in [-0.3, -0.25) is 33.9 Å². The van der Waals surface area contributed by atoms with Gasteiger partial charge in [-0.1, -0.05) is 0 Å². The Morgan fingerprint density at radius 3 is 2.15 bits per heavy atom. The van der Waals surface area contributed by atoms with Crippen LogP contribution in [0.4, 0.5) is 11.5 Å². The maximum atomic E-state index is 13.1. The van der Waals surface area contributed by atoms with E-state index >= 15 is 0 Å². The van der Waals surface area contributed by atoms with Gasteiger partial charge in [-0.2, -0.15) is 0 Å². The zero-order valence-corrected chi connectivity index (χ0v) is 17.4. The van der Waals surface area contributed by atoms with Gasteiger partial charge in [0.2, 0.25) is 0 Å². The Bertz CT molecular complexity index is 1540. The van der Waals surface area contributed by atoms with Gasteiger partial charge in [-0.15, -0.1) is 0 Å². The van der Waals surface area contributed by atoms with Gasteiger partial charge in [0.15, 0.2) is 0 Å². The summed E-state index contributed by atoms with van der Waals surface area (Å²) >= 11 is 0. The lowest BCUT2D eigenvalue weighted by atomic mass is 10.1. The third kappa shape index (κ3) is 2.84. The first kappa shape index (κ1) is 20.8. The molecule has 3 heterocycles. The summed E-state index contributed by atoms with van der Waals surface area (Å²) in [5.41, 5.74) is 5.84. The number of imide groups is 2. The van der Waals surface area contributed by atoms with E-state index in [-0.39, 0.29) is 45.0 Å². The molecule has 1 aromatic heterocycles. The van der Waals surface area contributed by atoms with Crippen LogP contribution < -0.4 is 21.5 Å². The van der Waals surface area contributed by atoms with Crippen molar-refractivity contribution in [1.82, 2.24) is 9.88 Å². The number of anilines is 2. The Morgan fingerprint density at radius 1 is 0.824 bits per heavy atom. The number of ether oxygens (including phenoxy) is 1. The Labute approximate surface area is 190 Å². The summed E-state index contributed by atoms with van der Waals surface area (Å²) in [7, 11) is 1.24. The number of aromatic nitrogens is 1. The smallest absolute Gasteiger partial charge is 0.337 e. The molecule has 168 valence electrons. The van der Waals surface area contributed by atoms with Crippen molar-refractivity contribution in [3.05, 3.63) is 86.7 Å². The van der Waals surface area contributed by atoms with Crippen molar-refractivity contribution in [3.63, 3.8) is 0 Å². The first-order chi connectivity index (χ1) is 16.2. The molecule has 0 fully saturated rings. The van der Waals surface area contributed by atoms with Crippen LogP contribution in [0.1, 0.15) is 51.8 Å². The van der Waals surface area contributed by atoms with E-state index in [1.807, 2.05) is 0 Å². The lowest BCUT2D eigenvalue weighted by Crippen LogP contribution is -2.29. The molecule has 4 amide bonds. The number of pyridine rings is 1. The number of nitrogens with two attached hydrogens (primary N) is 1. The molecule has 11 nitrogen and oxygen atoms in total.